The van der Waals surface area contributed by atoms with Gasteiger partial charge in [-0.3, -0.25) is 4.98 Å². The van der Waals surface area contributed by atoms with E-state index in [4.69, 9.17) is 4.74 Å². The van der Waals surface area contributed by atoms with Gasteiger partial charge in [-0.1, -0.05) is 30.3 Å². The van der Waals surface area contributed by atoms with Gasteiger partial charge in [0.05, 0.1) is 17.4 Å². The van der Waals surface area contributed by atoms with Crippen molar-refractivity contribution < 1.29 is 14.6 Å². The molecule has 0 unspecified atom stereocenters. The summed E-state index contributed by atoms with van der Waals surface area (Å²) in [6.45, 7) is 3.10. The second kappa shape index (κ2) is 8.17. The smallest absolute Gasteiger partial charge is 0.407 e. The van der Waals surface area contributed by atoms with Crippen molar-refractivity contribution in [3.05, 3.63) is 66.4 Å². The number of hydrogen-bond acceptors (Lipinski definition) is 4. The molecule has 1 N–H and O–H groups in total. The Labute approximate surface area is 164 Å². The number of rotatable bonds is 4. The summed E-state index contributed by atoms with van der Waals surface area (Å²) >= 11 is 0. The molecule has 0 bridgehead atoms. The van der Waals surface area contributed by atoms with Gasteiger partial charge in [-0.25, -0.2) is 4.79 Å². The third-order valence-corrected chi connectivity index (χ3v) is 5.02. The summed E-state index contributed by atoms with van der Waals surface area (Å²) in [7, 11) is 0. The van der Waals surface area contributed by atoms with Gasteiger partial charge in [-0.15, -0.1) is 0 Å². The third kappa shape index (κ3) is 4.17. The standard InChI is InChI=1S/C22H23N3O3/c26-22(27)25-10-4-9-24(11-12-25)19-13-18-14-20(7-8-21(18)23-15-19)28-16-17-5-2-1-3-6-17/h1-3,5-8,13-15H,4,9-12,16H2,(H,26,27). The van der Waals surface area contributed by atoms with Gasteiger partial charge in [0.1, 0.15) is 12.4 Å². The van der Waals surface area contributed by atoms with Gasteiger partial charge >= 0.3 is 6.09 Å². The van der Waals surface area contributed by atoms with Crippen LogP contribution in [0.1, 0.15) is 12.0 Å². The maximum atomic E-state index is 11.2. The fourth-order valence-electron chi connectivity index (χ4n) is 3.47. The minimum atomic E-state index is -0.848. The van der Waals surface area contributed by atoms with E-state index in [1.807, 2.05) is 54.7 Å². The first-order valence-corrected chi connectivity index (χ1v) is 9.48. The fraction of sp³-hybridized carbons (Fsp3) is 0.273. The highest BCUT2D eigenvalue weighted by Crippen LogP contribution is 2.25. The Morgan fingerprint density at radius 1 is 1.04 bits per heavy atom. The Morgan fingerprint density at radius 3 is 2.71 bits per heavy atom. The van der Waals surface area contributed by atoms with Gasteiger partial charge in [0.25, 0.3) is 0 Å². The molecule has 0 atom stereocenters. The third-order valence-electron chi connectivity index (χ3n) is 5.02. The zero-order valence-corrected chi connectivity index (χ0v) is 15.6. The summed E-state index contributed by atoms with van der Waals surface area (Å²) in [5.74, 6) is 0.809. The molecule has 2 heterocycles. The molecule has 1 aliphatic heterocycles. The van der Waals surface area contributed by atoms with Gasteiger partial charge in [0, 0.05) is 31.6 Å². The number of carboxylic acid groups (broad SMARTS) is 1. The van der Waals surface area contributed by atoms with Crippen LogP contribution in [0.2, 0.25) is 0 Å². The zero-order valence-electron chi connectivity index (χ0n) is 15.6. The number of benzene rings is 2. The molecule has 0 spiro atoms. The van der Waals surface area contributed by atoms with E-state index in [0.29, 0.717) is 26.2 Å². The number of anilines is 1. The van der Waals surface area contributed by atoms with Crippen molar-refractivity contribution in [2.45, 2.75) is 13.0 Å². The minimum Gasteiger partial charge on any atom is -0.489 e. The van der Waals surface area contributed by atoms with E-state index in [-0.39, 0.29) is 0 Å². The highest BCUT2D eigenvalue weighted by molar-refractivity contribution is 5.83. The van der Waals surface area contributed by atoms with Crippen LogP contribution in [0, 0.1) is 0 Å². The normalized spacial score (nSPS) is 14.7. The Hall–Kier alpha value is -3.28. The summed E-state index contributed by atoms with van der Waals surface area (Å²) in [6, 6.07) is 18.1. The molecule has 1 aliphatic rings. The first-order valence-electron chi connectivity index (χ1n) is 9.48. The molecule has 2 aromatic carbocycles. The SMILES string of the molecule is O=C(O)N1CCCN(c2cnc3ccc(OCc4ccccc4)cc3c2)CC1. The van der Waals surface area contributed by atoms with Gasteiger partial charge < -0.3 is 19.6 Å². The summed E-state index contributed by atoms with van der Waals surface area (Å²) < 4.78 is 5.93. The summed E-state index contributed by atoms with van der Waals surface area (Å²) in [5, 5.41) is 10.2. The Kier molecular flexibility index (Phi) is 5.28. The van der Waals surface area contributed by atoms with Crippen LogP contribution in [0.15, 0.2) is 60.8 Å². The van der Waals surface area contributed by atoms with E-state index in [1.165, 1.54) is 4.90 Å². The summed E-state index contributed by atoms with van der Waals surface area (Å²) in [6.07, 6.45) is 1.83. The van der Waals surface area contributed by atoms with E-state index in [1.54, 1.807) is 0 Å². The lowest BCUT2D eigenvalue weighted by molar-refractivity contribution is 0.148. The van der Waals surface area contributed by atoms with Crippen LogP contribution in [0.3, 0.4) is 0 Å². The van der Waals surface area contributed by atoms with Crippen molar-refractivity contribution in [2.24, 2.45) is 0 Å². The van der Waals surface area contributed by atoms with Crippen LogP contribution >= 0.6 is 0 Å². The lowest BCUT2D eigenvalue weighted by Crippen LogP contribution is -2.34. The lowest BCUT2D eigenvalue weighted by atomic mass is 10.2. The van der Waals surface area contributed by atoms with Crippen molar-refractivity contribution in [1.29, 1.82) is 0 Å². The Balaban J connectivity index is 1.50. The average Bonchev–Trinajstić information content (AvgIpc) is 2.99. The number of nitrogens with zero attached hydrogens (tertiary/aromatic N) is 3. The molecular weight excluding hydrogens is 354 g/mol. The molecule has 28 heavy (non-hydrogen) atoms. The van der Waals surface area contributed by atoms with Gasteiger partial charge in [-0.2, -0.15) is 0 Å². The van der Waals surface area contributed by atoms with Gasteiger partial charge in [0.2, 0.25) is 0 Å². The average molecular weight is 377 g/mol. The van der Waals surface area contributed by atoms with E-state index >= 15 is 0 Å². The van der Waals surface area contributed by atoms with Crippen molar-refractivity contribution in [1.82, 2.24) is 9.88 Å². The number of aromatic nitrogens is 1. The lowest BCUT2D eigenvalue weighted by Gasteiger charge is -2.23. The number of pyridine rings is 1. The van der Waals surface area contributed by atoms with Crippen LogP contribution in [0.25, 0.3) is 10.9 Å². The number of carbonyl (C=O) groups is 1. The molecule has 4 rings (SSSR count). The topological polar surface area (TPSA) is 65.9 Å². The molecule has 0 radical (unpaired) electrons. The number of fused-ring (bicyclic) bond motifs is 1. The fourth-order valence-corrected chi connectivity index (χ4v) is 3.47. The molecule has 6 heteroatoms. The Bertz CT molecular complexity index is 962. The first-order chi connectivity index (χ1) is 13.7. The van der Waals surface area contributed by atoms with E-state index in [0.717, 1.165) is 40.9 Å². The van der Waals surface area contributed by atoms with Crippen LogP contribution in [-0.4, -0.2) is 47.3 Å². The molecule has 6 nitrogen and oxygen atoms in total. The quantitative estimate of drug-likeness (QED) is 0.744. The molecule has 0 saturated carbocycles. The first kappa shape index (κ1) is 18.1. The van der Waals surface area contributed by atoms with E-state index in [9.17, 15) is 9.90 Å². The summed E-state index contributed by atoms with van der Waals surface area (Å²) in [5.41, 5.74) is 3.06. The molecule has 3 aromatic rings. The van der Waals surface area contributed by atoms with Crippen molar-refractivity contribution >= 4 is 22.7 Å². The molecule has 1 fully saturated rings. The molecule has 1 aromatic heterocycles. The van der Waals surface area contributed by atoms with Gasteiger partial charge in [-0.05, 0) is 36.2 Å². The van der Waals surface area contributed by atoms with Crippen molar-refractivity contribution in [2.75, 3.05) is 31.1 Å². The predicted octanol–water partition coefficient (Wildman–Crippen LogP) is 4.00. The van der Waals surface area contributed by atoms with Crippen LogP contribution in [-0.2, 0) is 6.61 Å². The number of hydrogen-bond donors (Lipinski definition) is 1. The monoisotopic (exact) mass is 377 g/mol. The van der Waals surface area contributed by atoms with E-state index in [2.05, 4.69) is 16.0 Å². The van der Waals surface area contributed by atoms with E-state index < -0.39 is 6.09 Å². The minimum absolute atomic E-state index is 0.508. The highest BCUT2D eigenvalue weighted by atomic mass is 16.5. The molecule has 144 valence electrons. The van der Waals surface area contributed by atoms with Gasteiger partial charge in [0.15, 0.2) is 0 Å². The molecule has 1 amide bonds. The Morgan fingerprint density at radius 2 is 1.89 bits per heavy atom. The maximum Gasteiger partial charge on any atom is 0.407 e. The van der Waals surface area contributed by atoms with Crippen LogP contribution in [0.4, 0.5) is 10.5 Å². The molecule has 0 aliphatic carbocycles. The van der Waals surface area contributed by atoms with Crippen molar-refractivity contribution in [3.8, 4) is 5.75 Å². The zero-order chi connectivity index (χ0) is 19.3. The largest absolute Gasteiger partial charge is 0.489 e. The number of ether oxygens (including phenoxy) is 1. The number of amides is 1. The molecule has 1 saturated heterocycles. The second-order valence-electron chi connectivity index (χ2n) is 6.93. The molecular formula is C22H23N3O3. The predicted molar refractivity (Wildman–Crippen MR) is 109 cm³/mol. The van der Waals surface area contributed by atoms with Crippen molar-refractivity contribution in [3.63, 3.8) is 0 Å². The second-order valence-corrected chi connectivity index (χ2v) is 6.93. The highest BCUT2D eigenvalue weighted by Gasteiger charge is 2.18. The maximum absolute atomic E-state index is 11.2. The van der Waals surface area contributed by atoms with Crippen LogP contribution < -0.4 is 9.64 Å². The van der Waals surface area contributed by atoms with Crippen LogP contribution in [0.5, 0.6) is 5.75 Å². The summed E-state index contributed by atoms with van der Waals surface area (Å²) in [4.78, 5) is 19.5.